The van der Waals surface area contributed by atoms with Gasteiger partial charge >= 0.3 is 0 Å². The minimum Gasteiger partial charge on any atom is -0.368 e. The summed E-state index contributed by atoms with van der Waals surface area (Å²) in [6.07, 6.45) is 2.28. The quantitative estimate of drug-likeness (QED) is 0.742. The highest BCUT2D eigenvalue weighted by Crippen LogP contribution is 2.38. The number of hydrogen-bond donors (Lipinski definition) is 1. The number of aromatic nitrogens is 4. The summed E-state index contributed by atoms with van der Waals surface area (Å²) < 4.78 is 16.1. The molecule has 25 heavy (non-hydrogen) atoms. The predicted molar refractivity (Wildman–Crippen MR) is 95.7 cm³/mol. The minimum atomic E-state index is -0.446. The minimum absolute atomic E-state index is 0.142. The monoisotopic (exact) mass is 359 g/mol. The Kier molecular flexibility index (Phi) is 3.87. The summed E-state index contributed by atoms with van der Waals surface area (Å²) in [7, 11) is 0. The second-order valence-corrected chi connectivity index (χ2v) is 7.57. The lowest BCUT2D eigenvalue weighted by atomic mass is 9.84. The molecular weight excluding hydrogens is 341 g/mol. The van der Waals surface area contributed by atoms with Crippen molar-refractivity contribution in [3.63, 3.8) is 0 Å². The van der Waals surface area contributed by atoms with Gasteiger partial charge in [-0.2, -0.15) is 4.52 Å². The molecule has 2 heterocycles. The van der Waals surface area contributed by atoms with E-state index < -0.39 is 5.41 Å². The van der Waals surface area contributed by atoms with E-state index in [1.165, 1.54) is 0 Å². The van der Waals surface area contributed by atoms with Gasteiger partial charge in [0.25, 0.3) is 0 Å². The molecule has 3 aromatic rings. The van der Waals surface area contributed by atoms with Gasteiger partial charge in [-0.25, -0.2) is 4.39 Å². The molecule has 0 bridgehead atoms. The Morgan fingerprint density at radius 3 is 2.80 bits per heavy atom. The molecule has 7 heteroatoms. The van der Waals surface area contributed by atoms with E-state index in [1.807, 2.05) is 26.0 Å². The number of nitrogens with one attached hydrogen (secondary N) is 1. The topological polar surface area (TPSA) is 55.1 Å². The fraction of sp³-hybridized carbons (Fsp3) is 0.389. The lowest BCUT2D eigenvalue weighted by Crippen LogP contribution is -2.29. The number of nitrogens with zero attached hydrogens (tertiary/aromatic N) is 4. The van der Waals surface area contributed by atoms with Crippen LogP contribution in [0.2, 0.25) is 5.02 Å². The first-order valence-corrected chi connectivity index (χ1v) is 8.74. The van der Waals surface area contributed by atoms with E-state index in [0.29, 0.717) is 23.8 Å². The zero-order valence-electron chi connectivity index (χ0n) is 14.1. The lowest BCUT2D eigenvalue weighted by Gasteiger charge is -2.26. The Balaban J connectivity index is 1.56. The maximum Gasteiger partial charge on any atom is 0.178 e. The molecule has 1 saturated carbocycles. The molecular formula is C18H19ClFN5. The third kappa shape index (κ3) is 3.06. The molecule has 5 nitrogen and oxygen atoms in total. The molecule has 2 aromatic heterocycles. The maximum absolute atomic E-state index is 14.3. The average molecular weight is 360 g/mol. The highest BCUT2D eigenvalue weighted by molar-refractivity contribution is 6.30. The first kappa shape index (κ1) is 16.3. The van der Waals surface area contributed by atoms with Crippen molar-refractivity contribution >= 4 is 23.1 Å². The van der Waals surface area contributed by atoms with E-state index in [4.69, 9.17) is 11.6 Å². The first-order valence-electron chi connectivity index (χ1n) is 8.36. The van der Waals surface area contributed by atoms with Crippen molar-refractivity contribution in [3.05, 3.63) is 52.6 Å². The Labute approximate surface area is 150 Å². The normalized spacial score (nSPS) is 14.9. The summed E-state index contributed by atoms with van der Waals surface area (Å²) in [4.78, 5) is 0. The summed E-state index contributed by atoms with van der Waals surface area (Å²) in [6.45, 7) is 4.47. The first-order chi connectivity index (χ1) is 12.0. The molecule has 1 fully saturated rings. The number of hydrogen-bond acceptors (Lipinski definition) is 4. The van der Waals surface area contributed by atoms with E-state index >= 15 is 0 Å². The van der Waals surface area contributed by atoms with Gasteiger partial charge in [0, 0.05) is 17.9 Å². The average Bonchev–Trinajstić information content (AvgIpc) is 3.35. The third-order valence-electron chi connectivity index (χ3n) is 4.62. The van der Waals surface area contributed by atoms with Crippen LogP contribution in [0.3, 0.4) is 0 Å². The van der Waals surface area contributed by atoms with E-state index in [1.54, 1.807) is 22.7 Å². The van der Waals surface area contributed by atoms with Crippen LogP contribution in [-0.2, 0) is 5.41 Å². The zero-order valence-corrected chi connectivity index (χ0v) is 14.9. The lowest BCUT2D eigenvalue weighted by molar-refractivity contribution is 0.504. The van der Waals surface area contributed by atoms with Gasteiger partial charge in [-0.15, -0.1) is 15.3 Å². The molecule has 4 rings (SSSR count). The molecule has 0 atom stereocenters. The molecule has 0 saturated heterocycles. The van der Waals surface area contributed by atoms with Crippen molar-refractivity contribution in [2.75, 3.05) is 11.9 Å². The van der Waals surface area contributed by atoms with Crippen molar-refractivity contribution in [1.29, 1.82) is 0 Å². The molecule has 0 aliphatic heterocycles. The Bertz CT molecular complexity index is 932. The van der Waals surface area contributed by atoms with E-state index in [0.717, 1.165) is 24.3 Å². The van der Waals surface area contributed by atoms with Crippen molar-refractivity contribution in [2.24, 2.45) is 0 Å². The second-order valence-electron chi connectivity index (χ2n) is 7.16. The summed E-state index contributed by atoms with van der Waals surface area (Å²) in [5.74, 6) is 1.73. The summed E-state index contributed by atoms with van der Waals surface area (Å²) >= 11 is 5.92. The van der Waals surface area contributed by atoms with Crippen LogP contribution in [-0.4, -0.2) is 26.4 Å². The number of anilines is 1. The second kappa shape index (κ2) is 5.95. The zero-order chi connectivity index (χ0) is 17.6. The van der Waals surface area contributed by atoms with Crippen LogP contribution in [0.4, 0.5) is 10.2 Å². The highest BCUT2D eigenvalue weighted by atomic mass is 35.5. The molecule has 1 N–H and O–H groups in total. The molecule has 1 aliphatic carbocycles. The molecule has 0 radical (unpaired) electrons. The van der Waals surface area contributed by atoms with Gasteiger partial charge in [-0.1, -0.05) is 37.6 Å². The van der Waals surface area contributed by atoms with Crippen molar-refractivity contribution in [1.82, 2.24) is 19.8 Å². The van der Waals surface area contributed by atoms with Gasteiger partial charge in [0.1, 0.15) is 11.6 Å². The molecule has 1 aromatic carbocycles. The predicted octanol–water partition coefficient (Wildman–Crippen LogP) is 4.18. The van der Waals surface area contributed by atoms with Crippen molar-refractivity contribution < 1.29 is 4.39 Å². The van der Waals surface area contributed by atoms with Gasteiger partial charge in [-0.05, 0) is 36.6 Å². The van der Waals surface area contributed by atoms with Crippen LogP contribution >= 0.6 is 11.6 Å². The van der Waals surface area contributed by atoms with Crippen LogP contribution in [0.15, 0.2) is 30.3 Å². The van der Waals surface area contributed by atoms with Crippen LogP contribution in [0.1, 0.15) is 44.0 Å². The van der Waals surface area contributed by atoms with Gasteiger partial charge in [0.05, 0.1) is 5.02 Å². The standard InChI is InChI=1S/C18H19ClFN5/c1-18(2,12-4-3-5-13(19)16(12)20)10-21-14-8-9-15-22-23-17(11-6-7-11)25(15)24-14/h3-5,8-9,11H,6-7,10H2,1-2H3,(H,21,24). The molecule has 130 valence electrons. The van der Waals surface area contributed by atoms with Crippen LogP contribution < -0.4 is 5.32 Å². The van der Waals surface area contributed by atoms with Gasteiger partial charge in [0.15, 0.2) is 11.5 Å². The maximum atomic E-state index is 14.3. The number of fused-ring (bicyclic) bond motifs is 1. The van der Waals surface area contributed by atoms with Crippen molar-refractivity contribution in [3.8, 4) is 0 Å². The molecule has 0 spiro atoms. The van der Waals surface area contributed by atoms with E-state index in [2.05, 4.69) is 20.6 Å². The molecule has 1 aliphatic rings. The van der Waals surface area contributed by atoms with Crippen LogP contribution in [0.25, 0.3) is 5.65 Å². The number of rotatable bonds is 5. The van der Waals surface area contributed by atoms with Gasteiger partial charge < -0.3 is 5.32 Å². The van der Waals surface area contributed by atoms with Gasteiger partial charge in [0.2, 0.25) is 0 Å². The van der Waals surface area contributed by atoms with Crippen LogP contribution in [0.5, 0.6) is 0 Å². The summed E-state index contributed by atoms with van der Waals surface area (Å²) in [5.41, 5.74) is 0.877. The summed E-state index contributed by atoms with van der Waals surface area (Å²) in [6, 6.07) is 8.85. The molecule has 0 unspecified atom stereocenters. The fourth-order valence-electron chi connectivity index (χ4n) is 2.93. The third-order valence-corrected chi connectivity index (χ3v) is 4.91. The van der Waals surface area contributed by atoms with Crippen molar-refractivity contribution in [2.45, 2.75) is 38.0 Å². The SMILES string of the molecule is CC(C)(CNc1ccc2nnc(C3CC3)n2n1)c1cccc(Cl)c1F. The van der Waals surface area contributed by atoms with Crippen LogP contribution in [0, 0.1) is 5.82 Å². The largest absolute Gasteiger partial charge is 0.368 e. The fourth-order valence-corrected chi connectivity index (χ4v) is 3.10. The van der Waals surface area contributed by atoms with E-state index in [-0.39, 0.29) is 10.8 Å². The smallest absolute Gasteiger partial charge is 0.178 e. The Morgan fingerprint density at radius 1 is 1.24 bits per heavy atom. The summed E-state index contributed by atoms with van der Waals surface area (Å²) in [5, 5.41) is 16.4. The van der Waals surface area contributed by atoms with Gasteiger partial charge in [-0.3, -0.25) is 0 Å². The Hall–Kier alpha value is -2.21. The highest BCUT2D eigenvalue weighted by Gasteiger charge is 2.29. The number of benzene rings is 1. The number of halogens is 2. The molecule has 0 amide bonds. The van der Waals surface area contributed by atoms with E-state index in [9.17, 15) is 4.39 Å². The Morgan fingerprint density at radius 2 is 2.04 bits per heavy atom.